The van der Waals surface area contributed by atoms with Crippen LogP contribution in [-0.4, -0.2) is 133 Å². The molecule has 0 spiro atoms. The van der Waals surface area contributed by atoms with Gasteiger partial charge in [-0.05, 0) is 94.8 Å². The van der Waals surface area contributed by atoms with Crippen LogP contribution in [0.15, 0.2) is 42.9 Å². The van der Waals surface area contributed by atoms with Gasteiger partial charge in [-0.3, -0.25) is 34.0 Å². The molecule has 1 aliphatic carbocycles. The Balaban J connectivity index is 0.695. The second-order valence-corrected chi connectivity index (χ2v) is 19.0. The topological polar surface area (TPSA) is 160 Å². The maximum Gasteiger partial charge on any atom is 0.284 e. The molecule has 1 unspecified atom stereocenters. The molecule has 4 aliphatic heterocycles. The number of alkyl halides is 3. The number of benzene rings is 1. The summed E-state index contributed by atoms with van der Waals surface area (Å²) in [5.74, 6) is 6.25. The van der Waals surface area contributed by atoms with E-state index in [1.54, 1.807) is 22.6 Å². The van der Waals surface area contributed by atoms with Crippen molar-refractivity contribution in [1.29, 1.82) is 0 Å². The van der Waals surface area contributed by atoms with Crippen molar-refractivity contribution in [2.75, 3.05) is 69.2 Å². The van der Waals surface area contributed by atoms with Gasteiger partial charge in [0.25, 0.3) is 12.3 Å². The fourth-order valence-corrected chi connectivity index (χ4v) is 10.7. The molecule has 16 nitrogen and oxygen atoms in total. The lowest BCUT2D eigenvalue weighted by Crippen LogP contribution is -2.47. The summed E-state index contributed by atoms with van der Waals surface area (Å²) in [6.45, 7) is 7.07. The van der Waals surface area contributed by atoms with E-state index in [-0.39, 0.29) is 48.7 Å². The van der Waals surface area contributed by atoms with E-state index in [1.807, 2.05) is 24.3 Å². The third kappa shape index (κ3) is 9.66. The zero-order chi connectivity index (χ0) is 46.2. The van der Waals surface area contributed by atoms with Gasteiger partial charge < -0.3 is 19.9 Å². The Morgan fingerprint density at radius 3 is 2.49 bits per heavy atom. The molecule has 1 saturated carbocycles. The summed E-state index contributed by atoms with van der Waals surface area (Å²) >= 11 is 0. The molecular weight excluding hydrogens is 866 g/mol. The lowest BCUT2D eigenvalue weighted by molar-refractivity contribution is -0.134. The molecule has 2 N–H and O–H groups in total. The summed E-state index contributed by atoms with van der Waals surface area (Å²) in [4.78, 5) is 49.6. The summed E-state index contributed by atoms with van der Waals surface area (Å²) < 4.78 is 55.0. The molecule has 67 heavy (non-hydrogen) atoms. The molecule has 1 aromatic carbocycles. The highest BCUT2D eigenvalue weighted by atomic mass is 19.3. The molecule has 0 radical (unpaired) electrons. The molecular formula is C48H57F3N12O4. The zero-order valence-corrected chi connectivity index (χ0v) is 37.8. The predicted octanol–water partition coefficient (Wildman–Crippen LogP) is 5.66. The number of halogens is 3. The van der Waals surface area contributed by atoms with Crippen LogP contribution in [0.1, 0.15) is 110 Å². The molecule has 4 saturated heterocycles. The van der Waals surface area contributed by atoms with Crippen LogP contribution in [0, 0.1) is 23.7 Å². The van der Waals surface area contributed by atoms with Gasteiger partial charge in [-0.25, -0.2) is 22.7 Å². The van der Waals surface area contributed by atoms with Crippen molar-refractivity contribution >= 4 is 45.8 Å². The minimum atomic E-state index is -2.89. The lowest BCUT2D eigenvalue weighted by atomic mass is 9.85. The van der Waals surface area contributed by atoms with Gasteiger partial charge in [0, 0.05) is 70.5 Å². The monoisotopic (exact) mass is 922 g/mol. The zero-order valence-electron chi connectivity index (χ0n) is 37.8. The first-order valence-electron chi connectivity index (χ1n) is 23.8. The van der Waals surface area contributed by atoms with E-state index in [0.29, 0.717) is 42.6 Å². The molecule has 19 heteroatoms. The average Bonchev–Trinajstić information content (AvgIpc) is 4.03. The van der Waals surface area contributed by atoms with Gasteiger partial charge in [-0.15, -0.1) is 0 Å². The van der Waals surface area contributed by atoms with Crippen LogP contribution in [0.2, 0.25) is 0 Å². The van der Waals surface area contributed by atoms with E-state index in [2.05, 4.69) is 52.5 Å². The molecule has 3 atom stereocenters. The Morgan fingerprint density at radius 2 is 1.75 bits per heavy atom. The van der Waals surface area contributed by atoms with Crippen LogP contribution in [0.3, 0.4) is 0 Å². The number of aromatic nitrogens is 7. The number of rotatable bonds is 12. The Kier molecular flexibility index (Phi) is 13.0. The Hall–Kier alpha value is -5.84. The van der Waals surface area contributed by atoms with Crippen LogP contribution in [0.4, 0.5) is 24.7 Å². The molecule has 354 valence electrons. The number of anilines is 2. The molecule has 10 rings (SSSR count). The van der Waals surface area contributed by atoms with Crippen LogP contribution in [-0.2, 0) is 21.4 Å². The molecule has 4 aromatic heterocycles. The standard InChI is InChI=1S/C48H57F3N12O4/c1-58-44-32(5-2-7-34(44)42(56-58)35-12-13-41(64)55-47(35)65)6-3-24-67-39-16-20-60(28-37(39)49)27-30-8-10-33(11-9-30)63-29-38(43(57-63)45(50)51)53-48(66)36-25-52-62-23-17-40(54-46(36)62)61-21-14-31(15-22-61)26-59-18-4-19-59/h2,5,7,17,23,25,29-31,33,35,37,39,45H,4,8-16,18-22,24,26-28H2,1H3,(H,53,66)(H,55,64,65)/t30?,33?,35?,37-,39+/m0/s1. The second kappa shape index (κ2) is 19.4. The maximum absolute atomic E-state index is 15.5. The molecule has 5 aromatic rings. The summed E-state index contributed by atoms with van der Waals surface area (Å²) in [6.07, 6.45) is 7.86. The van der Waals surface area contributed by atoms with Gasteiger partial charge in [-0.2, -0.15) is 15.3 Å². The smallest absolute Gasteiger partial charge is 0.284 e. The number of likely N-dealkylation sites (tertiary alicyclic amines) is 2. The Labute approximate surface area is 386 Å². The molecule has 5 aliphatic rings. The quantitative estimate of drug-likeness (QED) is 0.118. The number of nitrogens with zero attached hydrogens (tertiary/aromatic N) is 10. The first kappa shape index (κ1) is 45.0. The molecule has 0 bridgehead atoms. The van der Waals surface area contributed by atoms with Crippen molar-refractivity contribution in [3.8, 4) is 11.8 Å². The fraction of sp³-hybridized carbons (Fsp3) is 0.562. The third-order valence-corrected chi connectivity index (χ3v) is 14.5. The van der Waals surface area contributed by atoms with Crippen molar-refractivity contribution in [1.82, 2.24) is 49.3 Å². The minimum absolute atomic E-state index is 0.0293. The van der Waals surface area contributed by atoms with Gasteiger partial charge in [0.05, 0.1) is 46.7 Å². The minimum Gasteiger partial charge on any atom is -0.362 e. The number of nitrogens with one attached hydrogen (secondary N) is 2. The largest absolute Gasteiger partial charge is 0.362 e. The number of amides is 3. The van der Waals surface area contributed by atoms with Crippen molar-refractivity contribution in [3.63, 3.8) is 0 Å². The highest BCUT2D eigenvalue weighted by Gasteiger charge is 2.35. The maximum atomic E-state index is 15.5. The van der Waals surface area contributed by atoms with Crippen LogP contribution in [0.25, 0.3) is 16.6 Å². The van der Waals surface area contributed by atoms with Crippen molar-refractivity contribution < 1.29 is 32.3 Å². The fourth-order valence-electron chi connectivity index (χ4n) is 10.7. The lowest BCUT2D eigenvalue weighted by Gasteiger charge is -2.38. The van der Waals surface area contributed by atoms with Crippen molar-refractivity contribution in [2.45, 2.75) is 94.9 Å². The van der Waals surface area contributed by atoms with Crippen LogP contribution >= 0.6 is 0 Å². The summed E-state index contributed by atoms with van der Waals surface area (Å²) in [6, 6.07) is 7.42. The van der Waals surface area contributed by atoms with E-state index in [4.69, 9.17) is 9.72 Å². The van der Waals surface area contributed by atoms with Crippen molar-refractivity contribution in [3.05, 3.63) is 65.4 Å². The predicted molar refractivity (Wildman–Crippen MR) is 244 cm³/mol. The first-order valence-corrected chi connectivity index (χ1v) is 23.8. The number of para-hydroxylation sites is 1. The van der Waals surface area contributed by atoms with Gasteiger partial charge in [0.1, 0.15) is 24.2 Å². The van der Waals surface area contributed by atoms with Gasteiger partial charge in [-0.1, -0.05) is 24.0 Å². The number of ether oxygens (including phenoxy) is 1. The number of fused-ring (bicyclic) bond motifs is 2. The Morgan fingerprint density at radius 1 is 0.955 bits per heavy atom. The van der Waals surface area contributed by atoms with Crippen LogP contribution in [0.5, 0.6) is 0 Å². The number of carbonyl (C=O) groups is 3. The highest BCUT2D eigenvalue weighted by molar-refractivity contribution is 6.08. The highest BCUT2D eigenvalue weighted by Crippen LogP contribution is 2.37. The van der Waals surface area contributed by atoms with Crippen LogP contribution < -0.4 is 15.5 Å². The molecule has 8 heterocycles. The SMILES string of the molecule is Cn1nc(C2CCC(=O)NC2=O)c2cccc(C#CCO[C@@H]3CCN(CC4CCC(n5cc(NC(=O)c6cnn7ccc(N8CCC(CN9CCC9)CC8)nc67)c(C(F)F)n5)CC4)C[C@@H]3F)c21. The Bertz CT molecular complexity index is 2690. The second-order valence-electron chi connectivity index (χ2n) is 19.0. The molecule has 5 fully saturated rings. The van der Waals surface area contributed by atoms with E-state index in [9.17, 15) is 23.2 Å². The van der Waals surface area contributed by atoms with E-state index in [0.717, 1.165) is 87.0 Å². The number of carbonyl (C=O) groups excluding carboxylic acids is 3. The summed E-state index contributed by atoms with van der Waals surface area (Å²) in [5, 5.41) is 19.1. The number of imide groups is 1. The van der Waals surface area contributed by atoms with E-state index >= 15 is 4.39 Å². The first-order chi connectivity index (χ1) is 32.5. The summed E-state index contributed by atoms with van der Waals surface area (Å²) in [5.41, 5.74) is 2.17. The molecule has 3 amide bonds. The van der Waals surface area contributed by atoms with Gasteiger partial charge in [0.2, 0.25) is 11.8 Å². The van der Waals surface area contributed by atoms with Gasteiger partial charge >= 0.3 is 0 Å². The van der Waals surface area contributed by atoms with E-state index < -0.39 is 36.2 Å². The number of piperidine rings is 3. The number of hydrogen-bond acceptors (Lipinski definition) is 11. The summed E-state index contributed by atoms with van der Waals surface area (Å²) in [7, 11) is 1.80. The average molecular weight is 923 g/mol. The normalized spacial score (nSPS) is 24.5. The number of hydrogen-bond donors (Lipinski definition) is 2. The van der Waals surface area contributed by atoms with Crippen molar-refractivity contribution in [2.24, 2.45) is 18.9 Å². The van der Waals surface area contributed by atoms with E-state index in [1.165, 1.54) is 36.4 Å². The number of aryl methyl sites for hydroxylation is 1. The third-order valence-electron chi connectivity index (χ3n) is 14.5. The van der Waals surface area contributed by atoms with Gasteiger partial charge in [0.15, 0.2) is 11.3 Å².